The third-order valence-electron chi connectivity index (χ3n) is 3.68. The number of rotatable bonds is 10. The third-order valence-corrected chi connectivity index (χ3v) is 3.68. The Morgan fingerprint density at radius 1 is 1.12 bits per heavy atom. The van der Waals surface area contributed by atoms with E-state index in [1.54, 1.807) is 0 Å². The van der Waals surface area contributed by atoms with Gasteiger partial charge in [0.25, 0.3) is 0 Å². The number of carbonyl (C=O) groups is 1. The number of aliphatic imine (C=N–C) groups is 1. The number of esters is 1. The van der Waals surface area contributed by atoms with Crippen molar-refractivity contribution in [2.45, 2.75) is 60.0 Å². The van der Waals surface area contributed by atoms with Gasteiger partial charge < -0.3 is 15.4 Å². The highest BCUT2D eigenvalue weighted by Crippen LogP contribution is 2.05. The van der Waals surface area contributed by atoms with Gasteiger partial charge in [0.1, 0.15) is 0 Å². The Morgan fingerprint density at radius 2 is 1.71 bits per heavy atom. The maximum Gasteiger partial charge on any atom is 0.310 e. The van der Waals surface area contributed by atoms with Crippen molar-refractivity contribution in [2.75, 3.05) is 33.3 Å². The largest absolute Gasteiger partial charge is 0.469 e. The summed E-state index contributed by atoms with van der Waals surface area (Å²) in [7, 11) is 1.40. The van der Waals surface area contributed by atoms with Gasteiger partial charge in [0.05, 0.1) is 19.6 Å². The summed E-state index contributed by atoms with van der Waals surface area (Å²) in [5.41, 5.74) is 0. The van der Waals surface area contributed by atoms with Crippen LogP contribution in [0.15, 0.2) is 4.99 Å². The van der Waals surface area contributed by atoms with Gasteiger partial charge in [0, 0.05) is 31.7 Å². The lowest BCUT2D eigenvalue weighted by atomic mass is 10.2. The zero-order valence-corrected chi connectivity index (χ0v) is 18.7. The first-order valence-corrected chi connectivity index (χ1v) is 8.69. The lowest BCUT2D eigenvalue weighted by molar-refractivity contribution is -0.144. The van der Waals surface area contributed by atoms with Gasteiger partial charge in [-0.05, 0) is 41.0 Å². The molecular formula is C17H37IN4O2. The topological polar surface area (TPSA) is 66.0 Å². The predicted octanol–water partition coefficient (Wildman–Crippen LogP) is 2.48. The number of nitrogens with one attached hydrogen (secondary N) is 2. The highest BCUT2D eigenvalue weighted by Gasteiger charge is 2.13. The average molecular weight is 456 g/mol. The first-order valence-electron chi connectivity index (χ1n) is 8.69. The summed E-state index contributed by atoms with van der Waals surface area (Å²) < 4.78 is 4.72. The van der Waals surface area contributed by atoms with Crippen LogP contribution in [0.25, 0.3) is 0 Å². The summed E-state index contributed by atoms with van der Waals surface area (Å²) in [6, 6.07) is 1.11. The molecule has 0 aromatic carbocycles. The van der Waals surface area contributed by atoms with E-state index in [4.69, 9.17) is 4.74 Å². The molecule has 0 bridgehead atoms. The van der Waals surface area contributed by atoms with Gasteiger partial charge in [0.15, 0.2) is 5.96 Å². The van der Waals surface area contributed by atoms with Crippen LogP contribution in [-0.4, -0.2) is 62.2 Å². The molecule has 0 amide bonds. The van der Waals surface area contributed by atoms with Crippen molar-refractivity contribution in [1.29, 1.82) is 0 Å². The van der Waals surface area contributed by atoms with Crippen molar-refractivity contribution in [3.63, 3.8) is 0 Å². The van der Waals surface area contributed by atoms with Crippen molar-refractivity contribution in [3.8, 4) is 0 Å². The van der Waals surface area contributed by atoms with Gasteiger partial charge in [-0.25, -0.2) is 0 Å². The molecule has 0 aromatic heterocycles. The molecule has 0 heterocycles. The number of ether oxygens (including phenoxy) is 1. The van der Waals surface area contributed by atoms with Gasteiger partial charge in [0.2, 0.25) is 0 Å². The second-order valence-corrected chi connectivity index (χ2v) is 6.35. The molecule has 2 N–H and O–H groups in total. The maximum atomic E-state index is 11.4. The van der Waals surface area contributed by atoms with Crippen molar-refractivity contribution < 1.29 is 9.53 Å². The fraction of sp³-hybridized carbons (Fsp3) is 0.882. The van der Waals surface area contributed by atoms with Crippen molar-refractivity contribution in [3.05, 3.63) is 0 Å². The predicted molar refractivity (Wildman–Crippen MR) is 112 cm³/mol. The first-order chi connectivity index (χ1) is 10.8. The summed E-state index contributed by atoms with van der Waals surface area (Å²) in [5, 5.41) is 6.53. The van der Waals surface area contributed by atoms with Crippen LogP contribution in [0.3, 0.4) is 0 Å². The van der Waals surface area contributed by atoms with Gasteiger partial charge >= 0.3 is 5.97 Å². The molecule has 0 saturated heterocycles. The number of nitrogens with zero attached hydrogens (tertiary/aromatic N) is 2. The van der Waals surface area contributed by atoms with Gasteiger partial charge in [-0.3, -0.25) is 14.7 Å². The minimum atomic E-state index is -0.229. The molecule has 0 aliphatic rings. The van der Waals surface area contributed by atoms with E-state index in [0.717, 1.165) is 32.0 Å². The molecule has 0 rings (SSSR count). The number of guanidine groups is 1. The molecule has 0 aromatic rings. The number of methoxy groups -OCH3 is 1. The highest BCUT2D eigenvalue weighted by atomic mass is 127. The minimum Gasteiger partial charge on any atom is -0.469 e. The molecule has 0 spiro atoms. The fourth-order valence-corrected chi connectivity index (χ4v) is 2.43. The normalized spacial score (nSPS) is 13.0. The molecule has 24 heavy (non-hydrogen) atoms. The lowest BCUT2D eigenvalue weighted by Gasteiger charge is -2.30. The van der Waals surface area contributed by atoms with E-state index in [1.807, 2.05) is 13.8 Å². The second-order valence-electron chi connectivity index (χ2n) is 6.35. The molecule has 7 heteroatoms. The molecule has 144 valence electrons. The van der Waals surface area contributed by atoms with Crippen LogP contribution in [0.1, 0.15) is 48.0 Å². The van der Waals surface area contributed by atoms with Crippen LogP contribution >= 0.6 is 24.0 Å². The van der Waals surface area contributed by atoms with E-state index in [0.29, 0.717) is 18.6 Å². The van der Waals surface area contributed by atoms with Crippen molar-refractivity contribution in [1.82, 2.24) is 15.5 Å². The van der Waals surface area contributed by atoms with Crippen molar-refractivity contribution >= 4 is 35.9 Å². The van der Waals surface area contributed by atoms with Crippen LogP contribution in [0.4, 0.5) is 0 Å². The van der Waals surface area contributed by atoms with E-state index in [-0.39, 0.29) is 35.9 Å². The van der Waals surface area contributed by atoms with Gasteiger partial charge in [-0.2, -0.15) is 0 Å². The first kappa shape index (κ1) is 25.7. The Labute approximate surface area is 165 Å². The van der Waals surface area contributed by atoms with Gasteiger partial charge in [-0.1, -0.05) is 6.92 Å². The zero-order chi connectivity index (χ0) is 17.8. The smallest absolute Gasteiger partial charge is 0.310 e. The van der Waals surface area contributed by atoms with Crippen LogP contribution in [-0.2, 0) is 9.53 Å². The zero-order valence-electron chi connectivity index (χ0n) is 16.4. The molecule has 6 nitrogen and oxygen atoms in total. The summed E-state index contributed by atoms with van der Waals surface area (Å²) in [4.78, 5) is 18.3. The average Bonchev–Trinajstić information content (AvgIpc) is 2.50. The monoisotopic (exact) mass is 456 g/mol. The molecule has 1 unspecified atom stereocenters. The van der Waals surface area contributed by atoms with E-state index in [1.165, 1.54) is 7.11 Å². The van der Waals surface area contributed by atoms with Crippen LogP contribution in [0.5, 0.6) is 0 Å². The number of hydrogen-bond donors (Lipinski definition) is 2. The molecule has 0 aliphatic carbocycles. The lowest BCUT2D eigenvalue weighted by Crippen LogP contribution is -2.41. The van der Waals surface area contributed by atoms with Crippen LogP contribution in [0, 0.1) is 5.92 Å². The van der Waals surface area contributed by atoms with E-state index in [2.05, 4.69) is 48.2 Å². The molecule has 0 fully saturated rings. The number of carbonyl (C=O) groups excluding carboxylic acids is 1. The summed E-state index contributed by atoms with van der Waals surface area (Å²) in [6.45, 7) is 15.9. The van der Waals surface area contributed by atoms with Gasteiger partial charge in [-0.15, -0.1) is 24.0 Å². The Bertz CT molecular complexity index is 354. The Kier molecular flexibility index (Phi) is 15.8. The highest BCUT2D eigenvalue weighted by molar-refractivity contribution is 14.0. The Morgan fingerprint density at radius 3 is 2.17 bits per heavy atom. The van der Waals surface area contributed by atoms with Crippen LogP contribution in [0.2, 0.25) is 0 Å². The molecule has 0 aliphatic heterocycles. The van der Waals surface area contributed by atoms with E-state index < -0.39 is 0 Å². The van der Waals surface area contributed by atoms with E-state index >= 15 is 0 Å². The number of hydrogen-bond acceptors (Lipinski definition) is 4. The summed E-state index contributed by atoms with van der Waals surface area (Å²) in [5.74, 6) is 0.297. The Balaban J connectivity index is 0. The van der Waals surface area contributed by atoms with E-state index in [9.17, 15) is 4.79 Å². The molecule has 0 saturated carbocycles. The molecular weight excluding hydrogens is 419 g/mol. The maximum absolute atomic E-state index is 11.4. The molecule has 1 atom stereocenters. The quantitative estimate of drug-likeness (QED) is 0.174. The minimum absolute atomic E-state index is 0. The molecule has 0 radical (unpaired) electrons. The summed E-state index contributed by atoms with van der Waals surface area (Å²) >= 11 is 0. The summed E-state index contributed by atoms with van der Waals surface area (Å²) in [6.07, 6.45) is 1.05. The SMILES string of the molecule is CCNC(=NCC(C)C(=O)OC)NCCCN(C(C)C)C(C)C.I. The van der Waals surface area contributed by atoms with Crippen LogP contribution < -0.4 is 10.6 Å². The second kappa shape index (κ2) is 14.7. The Hall–Kier alpha value is -0.570. The van der Waals surface area contributed by atoms with Crippen molar-refractivity contribution in [2.24, 2.45) is 10.9 Å². The fourth-order valence-electron chi connectivity index (χ4n) is 2.43. The standard InChI is InChI=1S/C17H36N4O2.HI/c1-8-18-17(20-12-15(6)16(22)23-7)19-10-9-11-21(13(2)3)14(4)5;/h13-15H,8-12H2,1-7H3,(H2,18,19,20);1H. The number of halogens is 1. The third kappa shape index (κ3) is 11.1.